The molecule has 1 aromatic carbocycles. The van der Waals surface area contributed by atoms with Crippen molar-refractivity contribution in [3.8, 4) is 0 Å². The third-order valence-electron chi connectivity index (χ3n) is 11.4. The minimum absolute atomic E-state index is 0.0232. The van der Waals surface area contributed by atoms with Gasteiger partial charge in [0, 0.05) is 36.6 Å². The normalized spacial score (nSPS) is 25.2. The molecule has 3 atom stereocenters. The zero-order valence-corrected chi connectivity index (χ0v) is 31.9. The number of alkyl carbamates (subject to hydrolysis) is 1. The van der Waals surface area contributed by atoms with Gasteiger partial charge in [-0.3, -0.25) is 14.4 Å². The van der Waals surface area contributed by atoms with Crippen LogP contribution in [0, 0.1) is 23.7 Å². The number of fused-ring (bicyclic) bond motifs is 1. The van der Waals surface area contributed by atoms with E-state index < -0.39 is 46.6 Å². The molecule has 0 radical (unpaired) electrons. The molecule has 3 N–H and O–H groups in total. The summed E-state index contributed by atoms with van der Waals surface area (Å²) in [4.78, 5) is 55.4. The molecule has 1 aromatic heterocycles. The molecule has 0 spiro atoms. The number of nitrogens with zero attached hydrogens (tertiary/aromatic N) is 2. The van der Waals surface area contributed by atoms with Crippen molar-refractivity contribution in [3.63, 3.8) is 0 Å². The van der Waals surface area contributed by atoms with Crippen molar-refractivity contribution in [2.45, 2.75) is 116 Å². The summed E-state index contributed by atoms with van der Waals surface area (Å²) in [5, 5.41) is 6.23. The summed E-state index contributed by atoms with van der Waals surface area (Å²) in [6, 6.07) is 5.07. The first-order valence-corrected chi connectivity index (χ1v) is 20.7. The van der Waals surface area contributed by atoms with Crippen molar-refractivity contribution < 1.29 is 41.1 Å². The van der Waals surface area contributed by atoms with Crippen molar-refractivity contribution in [2.75, 3.05) is 31.6 Å². The Morgan fingerprint density at radius 3 is 2.28 bits per heavy atom. The van der Waals surface area contributed by atoms with Gasteiger partial charge in [0.15, 0.2) is 5.76 Å². The van der Waals surface area contributed by atoms with Gasteiger partial charge in [-0.25, -0.2) is 13.9 Å². The summed E-state index contributed by atoms with van der Waals surface area (Å²) in [5.74, 6) is -1.41. The van der Waals surface area contributed by atoms with Crippen LogP contribution in [0.15, 0.2) is 28.7 Å². The number of nitrogens with one attached hydrogen (secondary N) is 3. The molecule has 2 aliphatic heterocycles. The first-order valence-electron chi connectivity index (χ1n) is 19.2. The Morgan fingerprint density at radius 1 is 0.925 bits per heavy atom. The average Bonchev–Trinajstić information content (AvgIpc) is 3.90. The van der Waals surface area contributed by atoms with E-state index in [0.717, 1.165) is 44.9 Å². The smallest absolute Gasteiger partial charge is 0.407 e. The van der Waals surface area contributed by atoms with E-state index in [1.165, 1.54) is 16.8 Å². The zero-order valence-electron chi connectivity index (χ0n) is 31.0. The number of anilines is 1. The molecular weight excluding hydrogens is 706 g/mol. The number of benzene rings is 1. The summed E-state index contributed by atoms with van der Waals surface area (Å²) < 4.78 is 53.6. The number of alkyl halides is 1. The van der Waals surface area contributed by atoms with Gasteiger partial charge in [0.1, 0.15) is 23.9 Å². The summed E-state index contributed by atoms with van der Waals surface area (Å²) in [7, 11) is -3.98. The maximum Gasteiger partial charge on any atom is 0.407 e. The molecule has 6 rings (SSSR count). The fourth-order valence-corrected chi connectivity index (χ4v) is 10.0. The number of furan rings is 1. The van der Waals surface area contributed by atoms with Crippen molar-refractivity contribution in [1.29, 1.82) is 0 Å². The molecule has 4 aliphatic rings. The molecule has 2 saturated carbocycles. The van der Waals surface area contributed by atoms with Gasteiger partial charge in [0.25, 0.3) is 0 Å². The number of hydrogen-bond acceptors (Lipinski definition) is 8. The maximum absolute atomic E-state index is 14.2. The van der Waals surface area contributed by atoms with Crippen LogP contribution in [0.2, 0.25) is 0 Å². The van der Waals surface area contributed by atoms with E-state index in [4.69, 9.17) is 9.15 Å². The van der Waals surface area contributed by atoms with Gasteiger partial charge in [-0.15, -0.1) is 0 Å². The standard InChI is InChI=1S/C38H54FN5O8S/c1-38(2,3)52-37(48)41-30(23-39)25-11-13-26(14-12-25)36(47)44-20-17-29(24-9-5-4-6-10-24)33(44)35(46)40-28-15-16-31-27(21-28)22-32(51-31)34(45)42-53(49,50)43-18-7-8-19-43/h15-16,21-22,24-26,29-30,33H,4-14,17-20,23H2,1-3H3,(H,40,46)(H,41,48)(H,42,45)/t25?,26?,29-,30+,33-/m0/s1. The predicted octanol–water partition coefficient (Wildman–Crippen LogP) is 5.91. The molecule has 2 aliphatic carbocycles. The molecule has 4 fully saturated rings. The molecule has 2 aromatic rings. The molecule has 4 amide bonds. The molecule has 15 heteroatoms. The lowest BCUT2D eigenvalue weighted by atomic mass is 9.76. The first kappa shape index (κ1) is 39.0. The summed E-state index contributed by atoms with van der Waals surface area (Å²) in [6.45, 7) is 5.74. The van der Waals surface area contributed by atoms with Crippen LogP contribution in [0.25, 0.3) is 11.0 Å². The summed E-state index contributed by atoms with van der Waals surface area (Å²) >= 11 is 0. The average molecular weight is 760 g/mol. The molecule has 292 valence electrons. The number of rotatable bonds is 10. The molecule has 2 saturated heterocycles. The van der Waals surface area contributed by atoms with Crippen LogP contribution in [0.1, 0.15) is 108 Å². The lowest BCUT2D eigenvalue weighted by Gasteiger charge is -2.37. The number of ether oxygens (including phenoxy) is 1. The number of amides is 4. The largest absolute Gasteiger partial charge is 0.451 e. The molecular formula is C38H54FN5O8S. The highest BCUT2D eigenvalue weighted by molar-refractivity contribution is 7.87. The van der Waals surface area contributed by atoms with Crippen molar-refractivity contribution in [1.82, 2.24) is 19.2 Å². The van der Waals surface area contributed by atoms with Gasteiger partial charge in [0.2, 0.25) is 11.8 Å². The minimum atomic E-state index is -3.98. The number of hydrogen-bond donors (Lipinski definition) is 3. The van der Waals surface area contributed by atoms with Crippen LogP contribution in [-0.2, 0) is 24.5 Å². The van der Waals surface area contributed by atoms with Gasteiger partial charge in [-0.05, 0) is 108 Å². The summed E-state index contributed by atoms with van der Waals surface area (Å²) in [5.41, 5.74) is 0.129. The Kier molecular flexibility index (Phi) is 12.0. The van der Waals surface area contributed by atoms with Crippen LogP contribution in [0.4, 0.5) is 14.9 Å². The molecule has 3 heterocycles. The monoisotopic (exact) mass is 759 g/mol. The topological polar surface area (TPSA) is 167 Å². The first-order chi connectivity index (χ1) is 25.2. The second-order valence-corrected chi connectivity index (χ2v) is 17.9. The fraction of sp³-hybridized carbons (Fsp3) is 0.684. The van der Waals surface area contributed by atoms with Gasteiger partial charge in [0.05, 0.1) is 6.04 Å². The third-order valence-corrected chi connectivity index (χ3v) is 12.9. The van der Waals surface area contributed by atoms with Gasteiger partial charge < -0.3 is 24.7 Å². The van der Waals surface area contributed by atoms with Crippen LogP contribution < -0.4 is 15.4 Å². The van der Waals surface area contributed by atoms with Crippen molar-refractivity contribution in [2.24, 2.45) is 23.7 Å². The Hall–Kier alpha value is -3.72. The number of carbonyl (C=O) groups excluding carboxylic acids is 4. The van der Waals surface area contributed by atoms with Crippen LogP contribution in [-0.4, -0.2) is 85.4 Å². The van der Waals surface area contributed by atoms with E-state index in [1.54, 1.807) is 43.9 Å². The lowest BCUT2D eigenvalue weighted by molar-refractivity contribution is -0.142. The Labute approximate surface area is 311 Å². The van der Waals surface area contributed by atoms with E-state index >= 15 is 0 Å². The quantitative estimate of drug-likeness (QED) is 0.269. The van der Waals surface area contributed by atoms with Gasteiger partial charge >= 0.3 is 22.2 Å². The van der Waals surface area contributed by atoms with Crippen LogP contribution >= 0.6 is 0 Å². The Balaban J connectivity index is 1.13. The predicted molar refractivity (Wildman–Crippen MR) is 197 cm³/mol. The Morgan fingerprint density at radius 2 is 1.62 bits per heavy atom. The van der Waals surface area contributed by atoms with E-state index in [-0.39, 0.29) is 35.3 Å². The lowest BCUT2D eigenvalue weighted by Crippen LogP contribution is -2.50. The second-order valence-electron chi connectivity index (χ2n) is 16.2. The van der Waals surface area contributed by atoms with Crippen LogP contribution in [0.3, 0.4) is 0 Å². The highest BCUT2D eigenvalue weighted by Crippen LogP contribution is 2.41. The van der Waals surface area contributed by atoms with E-state index in [0.29, 0.717) is 67.9 Å². The number of halogens is 1. The van der Waals surface area contributed by atoms with E-state index in [9.17, 15) is 32.0 Å². The molecule has 0 bridgehead atoms. The fourth-order valence-electron chi connectivity index (χ4n) is 8.81. The van der Waals surface area contributed by atoms with Crippen molar-refractivity contribution >= 4 is 50.7 Å². The minimum Gasteiger partial charge on any atom is -0.451 e. The van der Waals surface area contributed by atoms with Gasteiger partial charge in [-0.1, -0.05) is 32.1 Å². The van der Waals surface area contributed by atoms with Crippen LogP contribution in [0.5, 0.6) is 0 Å². The van der Waals surface area contributed by atoms with E-state index in [2.05, 4.69) is 15.4 Å². The SMILES string of the molecule is CC(C)(C)OC(=O)N[C@H](CF)C1CCC(C(=O)N2CC[C@@H](C3CCCCC3)[C@H]2C(=O)Nc2ccc3oc(C(=O)NS(=O)(=O)N4CCCC4)cc3c2)CC1. The Bertz CT molecular complexity index is 1760. The summed E-state index contributed by atoms with van der Waals surface area (Å²) in [6.07, 6.45) is 9.23. The number of carbonyl (C=O) groups is 4. The molecule has 13 nitrogen and oxygen atoms in total. The number of likely N-dealkylation sites (tertiary alicyclic amines) is 1. The molecule has 0 unspecified atom stereocenters. The van der Waals surface area contributed by atoms with Gasteiger partial charge in [-0.2, -0.15) is 12.7 Å². The highest BCUT2D eigenvalue weighted by atomic mass is 32.2. The zero-order chi connectivity index (χ0) is 37.9. The van der Waals surface area contributed by atoms with Crippen molar-refractivity contribution in [3.05, 3.63) is 30.0 Å². The maximum atomic E-state index is 14.2. The van der Waals surface area contributed by atoms with E-state index in [1.807, 2.05) is 0 Å². The highest BCUT2D eigenvalue weighted by Gasteiger charge is 2.47. The second kappa shape index (κ2) is 16.3. The molecule has 53 heavy (non-hydrogen) atoms. The third kappa shape index (κ3) is 9.33.